The zero-order valence-electron chi connectivity index (χ0n) is 9.58. The van der Waals surface area contributed by atoms with Crippen molar-refractivity contribution in [3.8, 4) is 0 Å². The maximum atomic E-state index is 11.8. The van der Waals surface area contributed by atoms with E-state index in [-0.39, 0.29) is 11.9 Å². The third-order valence-electron chi connectivity index (χ3n) is 3.10. The van der Waals surface area contributed by atoms with Gasteiger partial charge in [-0.3, -0.25) is 4.79 Å². The molecular weight excluding hydrogens is 259 g/mol. The number of ether oxygens (including phenoxy) is 1. The van der Waals surface area contributed by atoms with Crippen LogP contribution in [0.1, 0.15) is 30.7 Å². The number of hydrogen-bond donors (Lipinski definition) is 0. The molecule has 0 aliphatic heterocycles. The van der Waals surface area contributed by atoms with Gasteiger partial charge in [0.05, 0.1) is 23.1 Å². The maximum absolute atomic E-state index is 11.8. The van der Waals surface area contributed by atoms with E-state index in [2.05, 4.69) is 0 Å². The van der Waals surface area contributed by atoms with Crippen LogP contribution in [-0.2, 0) is 9.53 Å². The summed E-state index contributed by atoms with van der Waals surface area (Å²) >= 11 is 11.8. The molecule has 0 saturated heterocycles. The van der Waals surface area contributed by atoms with Gasteiger partial charge in [0.2, 0.25) is 0 Å². The largest absolute Gasteiger partial charge is 0.469 e. The van der Waals surface area contributed by atoms with E-state index in [1.165, 1.54) is 20.0 Å². The van der Waals surface area contributed by atoms with Crippen LogP contribution in [-0.4, -0.2) is 13.1 Å². The predicted octanol–water partition coefficient (Wildman–Crippen LogP) is 4.05. The highest BCUT2D eigenvalue weighted by Gasteiger charge is 2.31. The quantitative estimate of drug-likeness (QED) is 0.773. The SMILES string of the molecule is COC(=O)C(CC1CC1)c1ccc(Cl)c(Cl)c1. The van der Waals surface area contributed by atoms with Crippen LogP contribution >= 0.6 is 23.2 Å². The van der Waals surface area contributed by atoms with Crippen molar-refractivity contribution in [2.45, 2.75) is 25.2 Å². The molecule has 1 saturated carbocycles. The minimum absolute atomic E-state index is 0.199. The third kappa shape index (κ3) is 3.14. The van der Waals surface area contributed by atoms with Gasteiger partial charge < -0.3 is 4.74 Å². The zero-order valence-corrected chi connectivity index (χ0v) is 11.1. The molecule has 1 aliphatic carbocycles. The van der Waals surface area contributed by atoms with E-state index in [9.17, 15) is 4.79 Å². The topological polar surface area (TPSA) is 26.3 Å². The average molecular weight is 273 g/mol. The number of esters is 1. The fourth-order valence-electron chi connectivity index (χ4n) is 1.93. The van der Waals surface area contributed by atoms with Crippen molar-refractivity contribution >= 4 is 29.2 Å². The van der Waals surface area contributed by atoms with Crippen LogP contribution in [0.15, 0.2) is 18.2 Å². The summed E-state index contributed by atoms with van der Waals surface area (Å²) < 4.78 is 4.85. The van der Waals surface area contributed by atoms with Crippen LogP contribution in [0.5, 0.6) is 0 Å². The lowest BCUT2D eigenvalue weighted by Gasteiger charge is -2.15. The molecule has 1 unspecified atom stereocenters. The van der Waals surface area contributed by atoms with Gasteiger partial charge >= 0.3 is 5.97 Å². The Kier molecular flexibility index (Phi) is 3.95. The van der Waals surface area contributed by atoms with Crippen LogP contribution < -0.4 is 0 Å². The van der Waals surface area contributed by atoms with E-state index in [0.29, 0.717) is 16.0 Å². The molecule has 0 heterocycles. The molecule has 17 heavy (non-hydrogen) atoms. The minimum atomic E-state index is -0.220. The Morgan fingerprint density at radius 3 is 2.65 bits per heavy atom. The lowest BCUT2D eigenvalue weighted by atomic mass is 9.93. The molecule has 1 atom stereocenters. The zero-order chi connectivity index (χ0) is 12.4. The maximum Gasteiger partial charge on any atom is 0.313 e. The molecule has 1 aromatic carbocycles. The molecule has 1 aliphatic rings. The fraction of sp³-hybridized carbons (Fsp3) is 0.462. The summed E-state index contributed by atoms with van der Waals surface area (Å²) in [7, 11) is 1.42. The van der Waals surface area contributed by atoms with Crippen molar-refractivity contribution in [2.24, 2.45) is 5.92 Å². The van der Waals surface area contributed by atoms with Gasteiger partial charge in [-0.2, -0.15) is 0 Å². The predicted molar refractivity (Wildman–Crippen MR) is 68.6 cm³/mol. The highest BCUT2D eigenvalue weighted by atomic mass is 35.5. The van der Waals surface area contributed by atoms with E-state index in [0.717, 1.165) is 12.0 Å². The van der Waals surface area contributed by atoms with Crippen LogP contribution in [0.25, 0.3) is 0 Å². The molecule has 92 valence electrons. The van der Waals surface area contributed by atoms with E-state index >= 15 is 0 Å². The first kappa shape index (κ1) is 12.7. The van der Waals surface area contributed by atoms with Gasteiger partial charge in [0.15, 0.2) is 0 Å². The van der Waals surface area contributed by atoms with E-state index in [1.807, 2.05) is 6.07 Å². The average Bonchev–Trinajstić information content (AvgIpc) is 3.13. The molecule has 2 nitrogen and oxygen atoms in total. The Balaban J connectivity index is 2.23. The highest BCUT2D eigenvalue weighted by Crippen LogP contribution is 2.40. The standard InChI is InChI=1S/C13H14Cl2O2/c1-17-13(16)10(6-8-2-3-8)9-4-5-11(14)12(15)7-9/h4-5,7-8,10H,2-3,6H2,1H3. The number of benzene rings is 1. The summed E-state index contributed by atoms with van der Waals surface area (Å²) in [5.74, 6) is 0.228. The molecule has 0 aromatic heterocycles. The van der Waals surface area contributed by atoms with Crippen molar-refractivity contribution in [1.82, 2.24) is 0 Å². The number of carbonyl (C=O) groups is 1. The number of rotatable bonds is 4. The van der Waals surface area contributed by atoms with Gasteiger partial charge in [0.25, 0.3) is 0 Å². The normalized spacial score (nSPS) is 16.6. The second-order valence-corrected chi connectivity index (χ2v) is 5.24. The van der Waals surface area contributed by atoms with Gasteiger partial charge in [-0.05, 0) is 30.0 Å². The summed E-state index contributed by atoms with van der Waals surface area (Å²) in [6.45, 7) is 0. The number of methoxy groups -OCH3 is 1. The van der Waals surface area contributed by atoms with Crippen LogP contribution in [0.4, 0.5) is 0 Å². The fourth-order valence-corrected chi connectivity index (χ4v) is 2.23. The lowest BCUT2D eigenvalue weighted by molar-refractivity contribution is -0.142. The molecular formula is C13H14Cl2O2. The smallest absolute Gasteiger partial charge is 0.313 e. The lowest BCUT2D eigenvalue weighted by Crippen LogP contribution is -2.15. The van der Waals surface area contributed by atoms with Crippen molar-refractivity contribution in [3.05, 3.63) is 33.8 Å². The Labute approximate surface area is 111 Å². The van der Waals surface area contributed by atoms with Crippen molar-refractivity contribution < 1.29 is 9.53 Å². The molecule has 1 aromatic rings. The summed E-state index contributed by atoms with van der Waals surface area (Å²) in [4.78, 5) is 11.8. The van der Waals surface area contributed by atoms with Gasteiger partial charge in [0.1, 0.15) is 0 Å². The van der Waals surface area contributed by atoms with Gasteiger partial charge in [-0.15, -0.1) is 0 Å². The molecule has 0 amide bonds. The van der Waals surface area contributed by atoms with Crippen molar-refractivity contribution in [3.63, 3.8) is 0 Å². The summed E-state index contributed by atoms with van der Waals surface area (Å²) in [6.07, 6.45) is 3.24. The highest BCUT2D eigenvalue weighted by molar-refractivity contribution is 6.42. The first-order valence-corrected chi connectivity index (χ1v) is 6.40. The van der Waals surface area contributed by atoms with Gasteiger partial charge in [-0.25, -0.2) is 0 Å². The van der Waals surface area contributed by atoms with Crippen molar-refractivity contribution in [1.29, 1.82) is 0 Å². The molecule has 4 heteroatoms. The summed E-state index contributed by atoms with van der Waals surface area (Å²) in [6, 6.07) is 5.33. The number of halogens is 2. The van der Waals surface area contributed by atoms with E-state index in [1.54, 1.807) is 12.1 Å². The third-order valence-corrected chi connectivity index (χ3v) is 3.84. The Hall–Kier alpha value is -0.730. The second kappa shape index (κ2) is 5.28. The van der Waals surface area contributed by atoms with E-state index < -0.39 is 0 Å². The minimum Gasteiger partial charge on any atom is -0.469 e. The van der Waals surface area contributed by atoms with Crippen molar-refractivity contribution in [2.75, 3.05) is 7.11 Å². The molecule has 0 radical (unpaired) electrons. The van der Waals surface area contributed by atoms with Crippen LogP contribution in [0.3, 0.4) is 0 Å². The van der Waals surface area contributed by atoms with Crippen LogP contribution in [0.2, 0.25) is 10.0 Å². The summed E-state index contributed by atoms with van der Waals surface area (Å²) in [5.41, 5.74) is 0.887. The Morgan fingerprint density at radius 1 is 1.41 bits per heavy atom. The second-order valence-electron chi connectivity index (χ2n) is 4.43. The molecule has 0 N–H and O–H groups in total. The number of hydrogen-bond acceptors (Lipinski definition) is 2. The molecule has 0 bridgehead atoms. The monoisotopic (exact) mass is 272 g/mol. The summed E-state index contributed by atoms with van der Waals surface area (Å²) in [5, 5.41) is 0.985. The molecule has 2 rings (SSSR count). The van der Waals surface area contributed by atoms with E-state index in [4.69, 9.17) is 27.9 Å². The number of carbonyl (C=O) groups excluding carboxylic acids is 1. The Morgan fingerprint density at radius 2 is 2.12 bits per heavy atom. The molecule has 0 spiro atoms. The van der Waals surface area contributed by atoms with Gasteiger partial charge in [0, 0.05) is 0 Å². The first-order valence-electron chi connectivity index (χ1n) is 5.64. The van der Waals surface area contributed by atoms with Crippen LogP contribution in [0, 0.1) is 5.92 Å². The Bertz CT molecular complexity index is 427. The molecule has 1 fully saturated rings. The van der Waals surface area contributed by atoms with Gasteiger partial charge in [-0.1, -0.05) is 42.1 Å². The first-order chi connectivity index (χ1) is 8.11.